The molecule has 0 bridgehead atoms. The Balaban J connectivity index is 2.41. The number of rotatable bonds is 2. The predicted molar refractivity (Wildman–Crippen MR) is 72.7 cm³/mol. The molecule has 0 saturated carbocycles. The Morgan fingerprint density at radius 2 is 1.94 bits per heavy atom. The van der Waals surface area contributed by atoms with E-state index in [2.05, 4.69) is 49.4 Å². The van der Waals surface area contributed by atoms with Crippen LogP contribution in [-0.4, -0.2) is 7.05 Å². The summed E-state index contributed by atoms with van der Waals surface area (Å²) in [6.45, 7) is 4.17. The highest BCUT2D eigenvalue weighted by atomic mass is 32.1. The summed E-state index contributed by atoms with van der Waals surface area (Å²) in [5.41, 5.74) is 10.4. The molecular weight excluding hydrogens is 216 g/mol. The predicted octanol–water partition coefficient (Wildman–Crippen LogP) is 3.72. The Bertz CT molecular complexity index is 502. The quantitative estimate of drug-likeness (QED) is 0.800. The molecule has 0 amide bonds. The van der Waals surface area contributed by atoms with E-state index in [-0.39, 0.29) is 0 Å². The number of nitrogens with two attached hydrogens (primary N) is 1. The van der Waals surface area contributed by atoms with Gasteiger partial charge in [-0.05, 0) is 48.6 Å². The van der Waals surface area contributed by atoms with Crippen molar-refractivity contribution < 1.29 is 0 Å². The topological polar surface area (TPSA) is 29.3 Å². The molecule has 0 aliphatic heterocycles. The van der Waals surface area contributed by atoms with Crippen molar-refractivity contribution in [3.63, 3.8) is 0 Å². The van der Waals surface area contributed by atoms with Gasteiger partial charge in [0, 0.05) is 7.05 Å². The van der Waals surface area contributed by atoms with Gasteiger partial charge in [-0.2, -0.15) is 0 Å². The van der Waals surface area contributed by atoms with Gasteiger partial charge in [0.1, 0.15) is 0 Å². The summed E-state index contributed by atoms with van der Waals surface area (Å²) in [4.78, 5) is 2.15. The van der Waals surface area contributed by atoms with Gasteiger partial charge in [0.2, 0.25) is 0 Å². The van der Waals surface area contributed by atoms with E-state index in [4.69, 9.17) is 5.73 Å². The van der Waals surface area contributed by atoms with E-state index in [9.17, 15) is 0 Å². The van der Waals surface area contributed by atoms with Gasteiger partial charge in [-0.1, -0.05) is 6.07 Å². The van der Waals surface area contributed by atoms with Crippen LogP contribution in [0.3, 0.4) is 0 Å². The summed E-state index contributed by atoms with van der Waals surface area (Å²) < 4.78 is 0. The maximum absolute atomic E-state index is 6.04. The molecule has 0 radical (unpaired) electrons. The molecule has 0 fully saturated rings. The summed E-state index contributed by atoms with van der Waals surface area (Å²) in [5.74, 6) is 0. The van der Waals surface area contributed by atoms with E-state index in [0.717, 1.165) is 11.4 Å². The minimum Gasteiger partial charge on any atom is -0.397 e. The van der Waals surface area contributed by atoms with E-state index in [1.807, 2.05) is 6.07 Å². The van der Waals surface area contributed by atoms with Gasteiger partial charge in [0.05, 0.1) is 16.4 Å². The third-order valence-electron chi connectivity index (χ3n) is 2.68. The summed E-state index contributed by atoms with van der Waals surface area (Å²) in [6.07, 6.45) is 0. The fraction of sp³-hybridized carbons (Fsp3) is 0.231. The molecule has 0 saturated heterocycles. The Hall–Kier alpha value is -1.48. The Morgan fingerprint density at radius 3 is 2.50 bits per heavy atom. The first-order valence-electron chi connectivity index (χ1n) is 5.23. The summed E-state index contributed by atoms with van der Waals surface area (Å²) in [5, 5.41) is 3.35. The largest absolute Gasteiger partial charge is 0.397 e. The highest BCUT2D eigenvalue weighted by molar-refractivity contribution is 7.14. The van der Waals surface area contributed by atoms with Crippen molar-refractivity contribution in [2.24, 2.45) is 0 Å². The number of anilines is 3. The SMILES string of the molecule is Cc1ccc(N(C)c2sccc2C)c(N)c1. The van der Waals surface area contributed by atoms with E-state index >= 15 is 0 Å². The van der Waals surface area contributed by atoms with Crippen molar-refractivity contribution in [2.75, 3.05) is 17.7 Å². The summed E-state index contributed by atoms with van der Waals surface area (Å²) in [6, 6.07) is 8.30. The smallest absolute Gasteiger partial charge is 0.0980 e. The van der Waals surface area contributed by atoms with Crippen molar-refractivity contribution in [1.29, 1.82) is 0 Å². The van der Waals surface area contributed by atoms with Gasteiger partial charge in [-0.25, -0.2) is 0 Å². The van der Waals surface area contributed by atoms with Crippen molar-refractivity contribution in [3.05, 3.63) is 40.8 Å². The van der Waals surface area contributed by atoms with Gasteiger partial charge < -0.3 is 10.6 Å². The second kappa shape index (κ2) is 4.18. The van der Waals surface area contributed by atoms with E-state index in [1.54, 1.807) is 11.3 Å². The van der Waals surface area contributed by atoms with Crippen LogP contribution >= 0.6 is 11.3 Å². The van der Waals surface area contributed by atoms with Gasteiger partial charge in [-0.15, -0.1) is 11.3 Å². The average molecular weight is 232 g/mol. The molecule has 0 atom stereocenters. The molecule has 1 aromatic carbocycles. The fourth-order valence-electron chi connectivity index (χ4n) is 1.80. The standard InChI is InChI=1S/C13H16N2S/c1-9-4-5-12(11(14)8-9)15(3)13-10(2)6-7-16-13/h4-8H,14H2,1-3H3. The van der Waals surface area contributed by atoms with Gasteiger partial charge in [0.25, 0.3) is 0 Å². The van der Waals surface area contributed by atoms with Crippen LogP contribution in [0.25, 0.3) is 0 Å². The van der Waals surface area contributed by atoms with Crippen molar-refractivity contribution >= 4 is 27.7 Å². The molecule has 0 aliphatic carbocycles. The van der Waals surface area contributed by atoms with Crippen LogP contribution in [-0.2, 0) is 0 Å². The average Bonchev–Trinajstić information content (AvgIpc) is 2.63. The number of nitrogen functional groups attached to an aromatic ring is 1. The molecule has 3 heteroatoms. The fourth-order valence-corrected chi connectivity index (χ4v) is 2.71. The monoisotopic (exact) mass is 232 g/mol. The second-order valence-corrected chi connectivity index (χ2v) is 4.92. The van der Waals surface area contributed by atoms with E-state index < -0.39 is 0 Å². The van der Waals surface area contributed by atoms with Gasteiger partial charge in [-0.3, -0.25) is 0 Å². The van der Waals surface area contributed by atoms with Gasteiger partial charge in [0.15, 0.2) is 0 Å². The van der Waals surface area contributed by atoms with Crippen molar-refractivity contribution in [2.45, 2.75) is 13.8 Å². The number of thiophene rings is 1. The first kappa shape index (κ1) is 11.0. The molecule has 2 nitrogen and oxygen atoms in total. The second-order valence-electron chi connectivity index (χ2n) is 4.03. The zero-order valence-electron chi connectivity index (χ0n) is 9.82. The molecule has 0 spiro atoms. The normalized spacial score (nSPS) is 10.4. The van der Waals surface area contributed by atoms with Gasteiger partial charge >= 0.3 is 0 Å². The maximum Gasteiger partial charge on any atom is 0.0980 e. The third kappa shape index (κ3) is 1.91. The van der Waals surface area contributed by atoms with Crippen LogP contribution in [0.5, 0.6) is 0 Å². The molecule has 2 N–H and O–H groups in total. The summed E-state index contributed by atoms with van der Waals surface area (Å²) in [7, 11) is 2.06. The number of aryl methyl sites for hydroxylation is 2. The lowest BCUT2D eigenvalue weighted by Crippen LogP contribution is -2.11. The summed E-state index contributed by atoms with van der Waals surface area (Å²) >= 11 is 1.74. The Labute approximate surface area is 100 Å². The minimum absolute atomic E-state index is 0.829. The molecule has 1 aromatic heterocycles. The molecule has 84 valence electrons. The Kier molecular flexibility index (Phi) is 2.88. The molecular formula is C13H16N2S. The third-order valence-corrected chi connectivity index (χ3v) is 3.78. The van der Waals surface area contributed by atoms with Crippen molar-refractivity contribution in [3.8, 4) is 0 Å². The lowest BCUT2D eigenvalue weighted by molar-refractivity contribution is 1.22. The van der Waals surface area contributed by atoms with Crippen LogP contribution < -0.4 is 10.6 Å². The molecule has 2 aromatic rings. The van der Waals surface area contributed by atoms with Crippen LogP contribution in [0.15, 0.2) is 29.6 Å². The highest BCUT2D eigenvalue weighted by Gasteiger charge is 2.10. The molecule has 1 heterocycles. The molecule has 16 heavy (non-hydrogen) atoms. The van der Waals surface area contributed by atoms with Crippen LogP contribution in [0.1, 0.15) is 11.1 Å². The first-order chi connectivity index (χ1) is 7.59. The molecule has 2 rings (SSSR count). The van der Waals surface area contributed by atoms with Crippen LogP contribution in [0.2, 0.25) is 0 Å². The number of nitrogens with zero attached hydrogens (tertiary/aromatic N) is 1. The van der Waals surface area contributed by atoms with Crippen molar-refractivity contribution in [1.82, 2.24) is 0 Å². The first-order valence-corrected chi connectivity index (χ1v) is 6.11. The van der Waals surface area contributed by atoms with E-state index in [1.165, 1.54) is 16.1 Å². The zero-order chi connectivity index (χ0) is 11.7. The van der Waals surface area contributed by atoms with Crippen LogP contribution in [0.4, 0.5) is 16.4 Å². The number of hydrogen-bond acceptors (Lipinski definition) is 3. The molecule has 0 unspecified atom stereocenters. The molecule has 0 aliphatic rings. The number of benzene rings is 1. The Morgan fingerprint density at radius 1 is 1.19 bits per heavy atom. The lowest BCUT2D eigenvalue weighted by atomic mass is 10.2. The highest BCUT2D eigenvalue weighted by Crippen LogP contribution is 2.34. The lowest BCUT2D eigenvalue weighted by Gasteiger charge is -2.20. The van der Waals surface area contributed by atoms with Crippen LogP contribution in [0, 0.1) is 13.8 Å². The zero-order valence-corrected chi connectivity index (χ0v) is 10.6. The number of hydrogen-bond donors (Lipinski definition) is 1. The maximum atomic E-state index is 6.04. The minimum atomic E-state index is 0.829. The van der Waals surface area contributed by atoms with E-state index in [0.29, 0.717) is 0 Å².